The predicted octanol–water partition coefficient (Wildman–Crippen LogP) is 5.36. The third kappa shape index (κ3) is 5.44. The minimum Gasteiger partial charge on any atom is -0.364 e. The number of halogens is 3. The number of aromatic nitrogens is 2. The number of alkyl halides is 3. The van der Waals surface area contributed by atoms with Crippen molar-refractivity contribution >= 4 is 17.9 Å². The van der Waals surface area contributed by atoms with Gasteiger partial charge in [-0.3, -0.25) is 4.98 Å². The molecule has 0 fully saturated rings. The fraction of sp³-hybridized carbons (Fsp3) is 0.158. The maximum Gasteiger partial charge on any atom is 0.416 e. The number of benzene rings is 1. The number of nitrogens with zero attached hydrogens (tertiary/aromatic N) is 2. The first-order valence-electron chi connectivity index (χ1n) is 8.16. The normalized spacial score (nSPS) is 11.4. The van der Waals surface area contributed by atoms with Crippen molar-refractivity contribution in [2.45, 2.75) is 17.6 Å². The van der Waals surface area contributed by atoms with Gasteiger partial charge in [-0.15, -0.1) is 0 Å². The number of anilines is 1. The van der Waals surface area contributed by atoms with Crippen molar-refractivity contribution in [3.8, 4) is 11.3 Å². The first-order chi connectivity index (χ1) is 13.5. The molecular weight excluding hydrogens is 391 g/mol. The average Bonchev–Trinajstić information content (AvgIpc) is 2.71. The Hall–Kier alpha value is -2.62. The zero-order chi connectivity index (χ0) is 20.0. The van der Waals surface area contributed by atoms with Crippen LogP contribution < -0.4 is 5.32 Å². The van der Waals surface area contributed by atoms with E-state index in [1.807, 2.05) is 6.07 Å². The van der Waals surface area contributed by atoms with Gasteiger partial charge in [0.15, 0.2) is 0 Å². The molecule has 0 saturated heterocycles. The standard InChI is InChI=1S/C19H16F3N3O2S/c1-26-27-28-16-7-5-13(6-8-16)17-10-14(19(20,21)22)11-18(25-17)24-12-15-4-2-3-9-23-15/h2-11H,12H2,1H3,(H,24,25). The van der Waals surface area contributed by atoms with Crippen LogP contribution in [0, 0.1) is 0 Å². The summed E-state index contributed by atoms with van der Waals surface area (Å²) in [6.45, 7) is 0.262. The summed E-state index contributed by atoms with van der Waals surface area (Å²) in [4.78, 5) is 13.7. The van der Waals surface area contributed by atoms with E-state index < -0.39 is 11.7 Å². The molecule has 1 aromatic carbocycles. The first kappa shape index (κ1) is 20.1. The van der Waals surface area contributed by atoms with Crippen LogP contribution in [0.15, 0.2) is 65.7 Å². The van der Waals surface area contributed by atoms with Gasteiger partial charge in [0.05, 0.1) is 42.6 Å². The Balaban J connectivity index is 1.87. The summed E-state index contributed by atoms with van der Waals surface area (Å²) in [6, 6.07) is 14.1. The van der Waals surface area contributed by atoms with Crippen molar-refractivity contribution in [2.24, 2.45) is 0 Å². The lowest BCUT2D eigenvalue weighted by atomic mass is 10.1. The smallest absolute Gasteiger partial charge is 0.364 e. The zero-order valence-electron chi connectivity index (χ0n) is 14.7. The summed E-state index contributed by atoms with van der Waals surface area (Å²) in [5.41, 5.74) is 0.682. The molecule has 0 amide bonds. The maximum atomic E-state index is 13.3. The minimum atomic E-state index is -4.48. The van der Waals surface area contributed by atoms with Gasteiger partial charge in [0.25, 0.3) is 0 Å². The van der Waals surface area contributed by atoms with E-state index in [-0.39, 0.29) is 18.1 Å². The lowest BCUT2D eigenvalue weighted by Crippen LogP contribution is -2.09. The molecule has 0 radical (unpaired) electrons. The van der Waals surface area contributed by atoms with Gasteiger partial charge >= 0.3 is 6.18 Å². The third-order valence-corrected chi connectivity index (χ3v) is 4.35. The van der Waals surface area contributed by atoms with E-state index in [1.165, 1.54) is 7.11 Å². The number of pyridine rings is 2. The summed E-state index contributed by atoms with van der Waals surface area (Å²) in [5, 5.41) is 2.91. The topological polar surface area (TPSA) is 56.3 Å². The largest absolute Gasteiger partial charge is 0.416 e. The van der Waals surface area contributed by atoms with Gasteiger partial charge in [-0.05, 0) is 36.4 Å². The fourth-order valence-corrected chi connectivity index (χ4v) is 2.76. The van der Waals surface area contributed by atoms with Crippen LogP contribution in [0.5, 0.6) is 0 Å². The SMILES string of the molecule is COOSc1ccc(-c2cc(C(F)(F)F)cc(NCc3ccccn3)n2)cc1. The Bertz CT molecular complexity index is 907. The van der Waals surface area contributed by atoms with Crippen molar-refractivity contribution in [2.75, 3.05) is 12.4 Å². The maximum absolute atomic E-state index is 13.3. The van der Waals surface area contributed by atoms with Gasteiger partial charge in [0.2, 0.25) is 0 Å². The molecule has 0 aliphatic heterocycles. The summed E-state index contributed by atoms with van der Waals surface area (Å²) in [5.74, 6) is 0.122. The number of nitrogens with one attached hydrogen (secondary N) is 1. The van der Waals surface area contributed by atoms with Crippen molar-refractivity contribution in [3.63, 3.8) is 0 Å². The molecule has 0 unspecified atom stereocenters. The van der Waals surface area contributed by atoms with Gasteiger partial charge in [0.1, 0.15) is 5.82 Å². The second-order valence-electron chi connectivity index (χ2n) is 5.64. The van der Waals surface area contributed by atoms with Crippen LogP contribution in [0.2, 0.25) is 0 Å². The monoisotopic (exact) mass is 407 g/mol. The Morgan fingerprint density at radius 1 is 1.07 bits per heavy atom. The van der Waals surface area contributed by atoms with Gasteiger partial charge in [-0.25, -0.2) is 9.87 Å². The number of hydrogen-bond acceptors (Lipinski definition) is 6. The van der Waals surface area contributed by atoms with Gasteiger partial charge in [-0.2, -0.15) is 17.5 Å². The van der Waals surface area contributed by atoms with Crippen LogP contribution in [0.25, 0.3) is 11.3 Å². The van der Waals surface area contributed by atoms with Crippen LogP contribution in [-0.4, -0.2) is 17.1 Å². The average molecular weight is 407 g/mol. The molecule has 0 aliphatic rings. The highest BCUT2D eigenvalue weighted by Crippen LogP contribution is 2.34. The molecule has 0 atom stereocenters. The van der Waals surface area contributed by atoms with Gasteiger partial charge in [-0.1, -0.05) is 18.2 Å². The van der Waals surface area contributed by atoms with Crippen molar-refractivity contribution < 1.29 is 22.4 Å². The Labute approximate surface area is 164 Å². The Morgan fingerprint density at radius 2 is 1.86 bits per heavy atom. The molecule has 9 heteroatoms. The van der Waals surface area contributed by atoms with Gasteiger partial charge in [0, 0.05) is 16.7 Å². The number of hydrogen-bond donors (Lipinski definition) is 1. The number of rotatable bonds is 7. The van der Waals surface area contributed by atoms with Crippen LogP contribution in [0.3, 0.4) is 0 Å². The Morgan fingerprint density at radius 3 is 2.50 bits per heavy atom. The van der Waals surface area contributed by atoms with Crippen molar-refractivity contribution in [1.29, 1.82) is 0 Å². The zero-order valence-corrected chi connectivity index (χ0v) is 15.6. The van der Waals surface area contributed by atoms with Crippen LogP contribution >= 0.6 is 12.0 Å². The van der Waals surface area contributed by atoms with E-state index in [2.05, 4.69) is 20.2 Å². The van der Waals surface area contributed by atoms with E-state index in [9.17, 15) is 13.2 Å². The third-order valence-electron chi connectivity index (χ3n) is 3.68. The minimum absolute atomic E-state index is 0.122. The molecule has 5 nitrogen and oxygen atoms in total. The lowest BCUT2D eigenvalue weighted by molar-refractivity contribution is -0.160. The molecule has 0 bridgehead atoms. The summed E-state index contributed by atoms with van der Waals surface area (Å²) in [6.07, 6.45) is -2.86. The molecule has 0 spiro atoms. The Kier molecular flexibility index (Phi) is 6.50. The fourth-order valence-electron chi connectivity index (χ4n) is 2.37. The molecule has 0 aliphatic carbocycles. The molecular formula is C19H16F3N3O2S. The molecule has 1 N–H and O–H groups in total. The van der Waals surface area contributed by atoms with Crippen LogP contribution in [0.4, 0.5) is 19.0 Å². The van der Waals surface area contributed by atoms with Crippen molar-refractivity contribution in [1.82, 2.24) is 9.97 Å². The van der Waals surface area contributed by atoms with E-state index in [4.69, 9.17) is 4.33 Å². The highest BCUT2D eigenvalue weighted by Gasteiger charge is 2.31. The first-order valence-corrected chi connectivity index (χ1v) is 8.91. The summed E-state index contributed by atoms with van der Waals surface area (Å²) in [7, 11) is 1.38. The van der Waals surface area contributed by atoms with Crippen LogP contribution in [0.1, 0.15) is 11.3 Å². The molecule has 2 aromatic heterocycles. The molecule has 3 aromatic rings. The van der Waals surface area contributed by atoms with E-state index in [1.54, 1.807) is 42.6 Å². The summed E-state index contributed by atoms with van der Waals surface area (Å²) < 4.78 is 44.7. The molecule has 146 valence electrons. The van der Waals surface area contributed by atoms with E-state index >= 15 is 0 Å². The molecule has 3 rings (SSSR count). The quantitative estimate of drug-likeness (QED) is 0.323. The highest BCUT2D eigenvalue weighted by molar-refractivity contribution is 7.94. The molecule has 28 heavy (non-hydrogen) atoms. The second kappa shape index (κ2) is 9.05. The lowest BCUT2D eigenvalue weighted by Gasteiger charge is -2.13. The van der Waals surface area contributed by atoms with E-state index in [0.29, 0.717) is 11.3 Å². The van der Waals surface area contributed by atoms with E-state index in [0.717, 1.165) is 29.1 Å². The predicted molar refractivity (Wildman–Crippen MR) is 100 cm³/mol. The summed E-state index contributed by atoms with van der Waals surface area (Å²) >= 11 is 0.999. The second-order valence-corrected chi connectivity index (χ2v) is 6.42. The molecule has 2 heterocycles. The molecule has 0 saturated carbocycles. The highest BCUT2D eigenvalue weighted by atomic mass is 32.2. The van der Waals surface area contributed by atoms with Crippen LogP contribution in [-0.2, 0) is 21.9 Å². The van der Waals surface area contributed by atoms with Crippen molar-refractivity contribution in [3.05, 3.63) is 72.1 Å². The van der Waals surface area contributed by atoms with Gasteiger partial charge < -0.3 is 5.32 Å².